The first kappa shape index (κ1) is 15.4. The molecule has 1 heterocycles. The van der Waals surface area contributed by atoms with Gasteiger partial charge in [-0.15, -0.1) is 0 Å². The lowest BCUT2D eigenvalue weighted by atomic mass is 10.0. The number of hydrogen-bond acceptors (Lipinski definition) is 1. The molecule has 0 aromatic heterocycles. The maximum Gasteiger partial charge on any atom is 0.130 e. The van der Waals surface area contributed by atoms with Crippen molar-refractivity contribution >= 4 is 18.4 Å². The van der Waals surface area contributed by atoms with Gasteiger partial charge in [-0.05, 0) is 33.3 Å². The molecule has 0 aliphatic carbocycles. The molecule has 0 bridgehead atoms. The summed E-state index contributed by atoms with van der Waals surface area (Å²) in [5.74, 6) is 3.23. The second-order valence-electron chi connectivity index (χ2n) is 7.48. The lowest BCUT2D eigenvalue weighted by molar-refractivity contribution is 0.468. The average Bonchev–Trinajstić information content (AvgIpc) is 2.46. The van der Waals surface area contributed by atoms with Gasteiger partial charge >= 0.3 is 0 Å². The van der Waals surface area contributed by atoms with Gasteiger partial charge in [0.05, 0.1) is 0 Å². The Labute approximate surface area is 135 Å². The zero-order valence-electron chi connectivity index (χ0n) is 14.5. The predicted molar refractivity (Wildman–Crippen MR) is 97.9 cm³/mol. The second kappa shape index (κ2) is 5.27. The first-order valence-electron chi connectivity index (χ1n) is 8.28. The number of fused-ring (bicyclic) bond motifs is 2. The molecule has 1 aliphatic rings. The smallest absolute Gasteiger partial charge is 0.130 e. The second-order valence-corrected chi connectivity index (χ2v) is 11.8. The zero-order chi connectivity index (χ0) is 16.1. The fraction of sp³-hybridized carbons (Fsp3) is 0.400. The Morgan fingerprint density at radius 2 is 1.14 bits per heavy atom. The number of rotatable bonds is 2. The number of para-hydroxylation sites is 2. The fourth-order valence-corrected chi connectivity index (χ4v) is 6.32. The van der Waals surface area contributed by atoms with Crippen LogP contribution in [0.2, 0.25) is 13.1 Å². The van der Waals surface area contributed by atoms with E-state index in [0.717, 1.165) is 11.5 Å². The summed E-state index contributed by atoms with van der Waals surface area (Å²) >= 11 is 0. The van der Waals surface area contributed by atoms with Crippen molar-refractivity contribution in [3.05, 3.63) is 47.5 Å². The van der Waals surface area contributed by atoms with Crippen molar-refractivity contribution in [2.75, 3.05) is 0 Å². The largest absolute Gasteiger partial charge is 0.457 e. The minimum absolute atomic E-state index is 0.479. The molecule has 2 aromatic carbocycles. The van der Waals surface area contributed by atoms with Crippen LogP contribution in [-0.2, 0) is 0 Å². The first-order valence-corrected chi connectivity index (χ1v) is 11.3. The minimum Gasteiger partial charge on any atom is -0.457 e. The van der Waals surface area contributed by atoms with Gasteiger partial charge in [-0.25, -0.2) is 0 Å². The van der Waals surface area contributed by atoms with Crippen molar-refractivity contribution in [3.8, 4) is 11.5 Å². The third-order valence-corrected chi connectivity index (χ3v) is 8.37. The monoisotopic (exact) mass is 310 g/mol. The molecule has 2 aromatic rings. The van der Waals surface area contributed by atoms with E-state index in [1.165, 1.54) is 21.5 Å². The molecule has 0 spiro atoms. The Hall–Kier alpha value is -1.54. The van der Waals surface area contributed by atoms with Gasteiger partial charge in [0.25, 0.3) is 0 Å². The van der Waals surface area contributed by atoms with Crippen molar-refractivity contribution in [1.29, 1.82) is 0 Å². The normalized spacial score (nSPS) is 15.5. The van der Waals surface area contributed by atoms with Crippen LogP contribution < -0.4 is 15.1 Å². The van der Waals surface area contributed by atoms with Gasteiger partial charge in [0.15, 0.2) is 0 Å². The molecule has 0 unspecified atom stereocenters. The summed E-state index contributed by atoms with van der Waals surface area (Å²) in [6.45, 7) is 13.9. The fourth-order valence-electron chi connectivity index (χ4n) is 3.48. The third kappa shape index (κ3) is 2.21. The van der Waals surface area contributed by atoms with E-state index in [1.807, 2.05) is 0 Å². The van der Waals surface area contributed by atoms with Gasteiger partial charge in [-0.3, -0.25) is 0 Å². The highest BCUT2D eigenvalue weighted by Gasteiger charge is 2.38. The van der Waals surface area contributed by atoms with Crippen LogP contribution in [0.1, 0.15) is 50.7 Å². The lowest BCUT2D eigenvalue weighted by Gasteiger charge is -2.36. The van der Waals surface area contributed by atoms with Crippen molar-refractivity contribution < 1.29 is 4.74 Å². The highest BCUT2D eigenvalue weighted by atomic mass is 28.3. The number of hydrogen-bond donors (Lipinski definition) is 0. The molecule has 0 saturated carbocycles. The molecular weight excluding hydrogens is 284 g/mol. The molecule has 0 amide bonds. The van der Waals surface area contributed by atoms with Crippen molar-refractivity contribution in [2.45, 2.75) is 52.6 Å². The maximum absolute atomic E-state index is 6.53. The van der Waals surface area contributed by atoms with E-state index in [1.54, 1.807) is 0 Å². The molecule has 1 nitrogen and oxygen atoms in total. The van der Waals surface area contributed by atoms with Crippen LogP contribution in [0.25, 0.3) is 0 Å². The van der Waals surface area contributed by atoms with Gasteiger partial charge in [-0.2, -0.15) is 0 Å². The van der Waals surface area contributed by atoms with Gasteiger partial charge in [-0.1, -0.05) is 77.2 Å². The minimum atomic E-state index is -1.71. The van der Waals surface area contributed by atoms with Crippen molar-refractivity contribution in [3.63, 3.8) is 0 Å². The highest BCUT2D eigenvalue weighted by molar-refractivity contribution is 7.01. The van der Waals surface area contributed by atoms with Crippen LogP contribution in [0.4, 0.5) is 0 Å². The van der Waals surface area contributed by atoms with Crippen molar-refractivity contribution in [2.24, 2.45) is 0 Å². The topological polar surface area (TPSA) is 9.23 Å². The summed E-state index contributed by atoms with van der Waals surface area (Å²) in [6, 6.07) is 13.4. The summed E-state index contributed by atoms with van der Waals surface area (Å²) in [4.78, 5) is 0. The van der Waals surface area contributed by atoms with E-state index in [2.05, 4.69) is 77.2 Å². The van der Waals surface area contributed by atoms with Crippen LogP contribution >= 0.6 is 0 Å². The van der Waals surface area contributed by atoms with Crippen LogP contribution in [0.15, 0.2) is 36.4 Å². The lowest BCUT2D eigenvalue weighted by Crippen LogP contribution is -2.56. The average molecular weight is 311 g/mol. The van der Waals surface area contributed by atoms with Crippen LogP contribution in [0, 0.1) is 0 Å². The Bertz CT molecular complexity index is 654. The number of benzene rings is 2. The highest BCUT2D eigenvalue weighted by Crippen LogP contribution is 2.38. The Morgan fingerprint density at radius 1 is 0.727 bits per heavy atom. The van der Waals surface area contributed by atoms with E-state index >= 15 is 0 Å². The Kier molecular flexibility index (Phi) is 3.68. The summed E-state index contributed by atoms with van der Waals surface area (Å²) in [5.41, 5.74) is 2.67. The molecule has 1 aliphatic heterocycles. The van der Waals surface area contributed by atoms with E-state index in [4.69, 9.17) is 4.74 Å². The Balaban J connectivity index is 2.29. The zero-order valence-corrected chi connectivity index (χ0v) is 15.5. The molecule has 0 saturated heterocycles. The molecule has 0 fully saturated rings. The van der Waals surface area contributed by atoms with Gasteiger partial charge < -0.3 is 4.74 Å². The van der Waals surface area contributed by atoms with E-state index < -0.39 is 8.07 Å². The Morgan fingerprint density at radius 3 is 1.50 bits per heavy atom. The third-order valence-electron chi connectivity index (χ3n) is 4.89. The summed E-state index contributed by atoms with van der Waals surface area (Å²) < 4.78 is 6.53. The summed E-state index contributed by atoms with van der Waals surface area (Å²) in [6.07, 6.45) is 0. The molecule has 22 heavy (non-hydrogen) atoms. The molecule has 0 atom stereocenters. The summed E-state index contributed by atoms with van der Waals surface area (Å²) in [5, 5.41) is 2.87. The van der Waals surface area contributed by atoms with Gasteiger partial charge in [0.2, 0.25) is 0 Å². The van der Waals surface area contributed by atoms with Gasteiger partial charge in [0.1, 0.15) is 19.6 Å². The van der Waals surface area contributed by atoms with Crippen molar-refractivity contribution in [1.82, 2.24) is 0 Å². The molecule has 3 rings (SSSR count). The van der Waals surface area contributed by atoms with Crippen LogP contribution in [-0.4, -0.2) is 8.07 Å². The number of ether oxygens (including phenoxy) is 1. The van der Waals surface area contributed by atoms with E-state index in [9.17, 15) is 0 Å². The molecule has 2 heteroatoms. The quantitative estimate of drug-likeness (QED) is 0.720. The van der Waals surface area contributed by atoms with E-state index in [0.29, 0.717) is 11.8 Å². The standard InChI is InChI=1S/C20H26OSi/c1-13(2)15-9-7-11-17-19(15)21-20-16(14(3)4)10-8-12-18(20)22(17,5)6/h7-14H,1-6H3. The summed E-state index contributed by atoms with van der Waals surface area (Å²) in [7, 11) is -1.71. The molecular formula is C20H26OSi. The van der Waals surface area contributed by atoms with Crippen LogP contribution in [0.5, 0.6) is 11.5 Å². The molecule has 0 radical (unpaired) electrons. The van der Waals surface area contributed by atoms with Crippen LogP contribution in [0.3, 0.4) is 0 Å². The maximum atomic E-state index is 6.53. The van der Waals surface area contributed by atoms with Gasteiger partial charge in [0, 0.05) is 0 Å². The first-order chi connectivity index (χ1) is 10.3. The SMILES string of the molecule is CC(C)c1cccc2c1Oc1c(C(C)C)cccc1[Si]2(C)C. The van der Waals surface area contributed by atoms with E-state index in [-0.39, 0.29) is 0 Å². The molecule has 116 valence electrons. The predicted octanol–water partition coefficient (Wildman–Crippen LogP) is 4.86. The molecule has 0 N–H and O–H groups in total.